The van der Waals surface area contributed by atoms with E-state index in [1.807, 2.05) is 6.92 Å². The van der Waals surface area contributed by atoms with E-state index in [2.05, 4.69) is 5.32 Å². The molecule has 24 heavy (non-hydrogen) atoms. The van der Waals surface area contributed by atoms with Crippen LogP contribution < -0.4 is 15.4 Å². The topological polar surface area (TPSA) is 92.5 Å². The predicted octanol–water partition coefficient (Wildman–Crippen LogP) is 1.39. The molecule has 0 radical (unpaired) electrons. The van der Waals surface area contributed by atoms with Gasteiger partial charge in [0, 0.05) is 18.2 Å². The summed E-state index contributed by atoms with van der Waals surface area (Å²) in [4.78, 5) is 12.6. The van der Waals surface area contributed by atoms with Crippen LogP contribution in [0.4, 0.5) is 5.69 Å². The van der Waals surface area contributed by atoms with Crippen molar-refractivity contribution < 1.29 is 13.2 Å². The van der Waals surface area contributed by atoms with Crippen molar-refractivity contribution in [1.82, 2.24) is 5.32 Å². The Hall–Kier alpha value is -1.60. The van der Waals surface area contributed by atoms with Gasteiger partial charge in [-0.25, -0.2) is 8.42 Å². The van der Waals surface area contributed by atoms with Crippen molar-refractivity contribution in [3.05, 3.63) is 29.3 Å². The number of carbonyl (C=O) groups is 1. The van der Waals surface area contributed by atoms with Gasteiger partial charge in [0.05, 0.1) is 11.4 Å². The van der Waals surface area contributed by atoms with Crippen LogP contribution in [0.25, 0.3) is 0 Å². The first-order valence-electron chi connectivity index (χ1n) is 8.54. The number of rotatable bonds is 4. The summed E-state index contributed by atoms with van der Waals surface area (Å²) >= 11 is 0. The molecule has 0 bridgehead atoms. The van der Waals surface area contributed by atoms with Crippen molar-refractivity contribution in [2.24, 2.45) is 11.7 Å². The fourth-order valence-electron chi connectivity index (χ4n) is 3.74. The smallest absolute Gasteiger partial charge is 0.251 e. The number of sulfonamides is 1. The van der Waals surface area contributed by atoms with Gasteiger partial charge in [0.2, 0.25) is 10.0 Å². The van der Waals surface area contributed by atoms with Crippen LogP contribution in [0.5, 0.6) is 0 Å². The van der Waals surface area contributed by atoms with E-state index in [9.17, 15) is 13.2 Å². The standard InChI is InChI=1S/C17H25N3O3S/c1-12-10-14(20-8-3-9-24(20,22)23)6-7-15(12)17(21)19-16-5-2-4-13(16)11-18/h6-7,10,13,16H,2-5,8-9,11,18H2,1H3,(H,19,21). The Morgan fingerprint density at radius 3 is 2.75 bits per heavy atom. The molecule has 2 aliphatic rings. The van der Waals surface area contributed by atoms with Crippen LogP contribution in [0.15, 0.2) is 18.2 Å². The molecule has 1 aliphatic carbocycles. The number of nitrogens with one attached hydrogen (secondary N) is 1. The molecule has 1 saturated carbocycles. The van der Waals surface area contributed by atoms with Crippen molar-refractivity contribution in [3.8, 4) is 0 Å². The normalized spacial score (nSPS) is 25.8. The molecule has 1 aromatic carbocycles. The second kappa shape index (κ2) is 6.72. The van der Waals surface area contributed by atoms with Gasteiger partial charge in [-0.2, -0.15) is 0 Å². The zero-order chi connectivity index (χ0) is 17.3. The average Bonchev–Trinajstić information content (AvgIpc) is 3.12. The SMILES string of the molecule is Cc1cc(N2CCCS2(=O)=O)ccc1C(=O)NC1CCCC1CN. The first-order chi connectivity index (χ1) is 11.4. The van der Waals surface area contributed by atoms with Crippen molar-refractivity contribution in [1.29, 1.82) is 0 Å². The second-order valence-corrected chi connectivity index (χ2v) is 8.76. The van der Waals surface area contributed by atoms with Gasteiger partial charge in [0.15, 0.2) is 0 Å². The molecule has 7 heteroatoms. The Labute approximate surface area is 143 Å². The van der Waals surface area contributed by atoms with Crippen LogP contribution in [0.2, 0.25) is 0 Å². The van der Waals surface area contributed by atoms with E-state index in [1.165, 1.54) is 4.31 Å². The van der Waals surface area contributed by atoms with Gasteiger partial charge in [0.25, 0.3) is 5.91 Å². The van der Waals surface area contributed by atoms with Crippen molar-refractivity contribution in [2.45, 2.75) is 38.6 Å². The molecule has 3 N–H and O–H groups in total. The van der Waals surface area contributed by atoms with E-state index < -0.39 is 10.0 Å². The number of hydrogen-bond donors (Lipinski definition) is 2. The van der Waals surface area contributed by atoms with Crippen molar-refractivity contribution in [3.63, 3.8) is 0 Å². The highest BCUT2D eigenvalue weighted by Gasteiger charge is 2.30. The lowest BCUT2D eigenvalue weighted by Gasteiger charge is -2.21. The Kier molecular flexibility index (Phi) is 4.83. The Morgan fingerprint density at radius 2 is 2.12 bits per heavy atom. The third-order valence-corrected chi connectivity index (χ3v) is 6.99. The summed E-state index contributed by atoms with van der Waals surface area (Å²) in [7, 11) is -3.20. The van der Waals surface area contributed by atoms with Crippen molar-refractivity contribution >= 4 is 21.6 Å². The maximum atomic E-state index is 12.6. The zero-order valence-electron chi connectivity index (χ0n) is 14.0. The molecule has 1 heterocycles. The third-order valence-electron chi connectivity index (χ3n) is 5.12. The molecule has 1 amide bonds. The van der Waals surface area contributed by atoms with Gasteiger partial charge in [-0.15, -0.1) is 0 Å². The number of anilines is 1. The molecular formula is C17H25N3O3S. The highest BCUT2D eigenvalue weighted by atomic mass is 32.2. The van der Waals surface area contributed by atoms with Gasteiger partial charge in [-0.1, -0.05) is 6.42 Å². The first-order valence-corrected chi connectivity index (χ1v) is 10.2. The lowest BCUT2D eigenvalue weighted by Crippen LogP contribution is -2.40. The Balaban J connectivity index is 1.76. The van der Waals surface area contributed by atoms with Gasteiger partial charge in [-0.05, 0) is 62.4 Å². The number of carbonyl (C=O) groups excluding carboxylic acids is 1. The van der Waals surface area contributed by atoms with E-state index in [-0.39, 0.29) is 17.7 Å². The summed E-state index contributed by atoms with van der Waals surface area (Å²) in [5.41, 5.74) is 7.79. The molecule has 1 saturated heterocycles. The Bertz CT molecular complexity index is 733. The van der Waals surface area contributed by atoms with E-state index in [0.29, 0.717) is 36.7 Å². The van der Waals surface area contributed by atoms with Crippen LogP contribution in [-0.4, -0.2) is 39.2 Å². The van der Waals surface area contributed by atoms with Crippen molar-refractivity contribution in [2.75, 3.05) is 23.1 Å². The van der Waals surface area contributed by atoms with Gasteiger partial charge < -0.3 is 11.1 Å². The summed E-state index contributed by atoms with van der Waals surface area (Å²) in [5, 5.41) is 3.09. The number of nitrogens with zero attached hydrogens (tertiary/aromatic N) is 1. The highest BCUT2D eigenvalue weighted by Crippen LogP contribution is 2.27. The van der Waals surface area contributed by atoms with Crippen LogP contribution in [0.3, 0.4) is 0 Å². The maximum Gasteiger partial charge on any atom is 0.251 e. The fourth-order valence-corrected chi connectivity index (χ4v) is 5.30. The van der Waals surface area contributed by atoms with Gasteiger partial charge in [0.1, 0.15) is 0 Å². The van der Waals surface area contributed by atoms with Gasteiger partial charge >= 0.3 is 0 Å². The minimum atomic E-state index is -3.20. The maximum absolute atomic E-state index is 12.6. The molecule has 6 nitrogen and oxygen atoms in total. The van der Waals surface area contributed by atoms with E-state index in [0.717, 1.165) is 24.8 Å². The number of benzene rings is 1. The summed E-state index contributed by atoms with van der Waals surface area (Å²) in [6, 6.07) is 5.37. The summed E-state index contributed by atoms with van der Waals surface area (Å²) in [5.74, 6) is 0.438. The largest absolute Gasteiger partial charge is 0.349 e. The third kappa shape index (κ3) is 3.28. The predicted molar refractivity (Wildman–Crippen MR) is 94.6 cm³/mol. The number of amides is 1. The quantitative estimate of drug-likeness (QED) is 0.857. The lowest BCUT2D eigenvalue weighted by molar-refractivity contribution is 0.0928. The van der Waals surface area contributed by atoms with Gasteiger partial charge in [-0.3, -0.25) is 9.10 Å². The molecule has 3 rings (SSSR count). The molecular weight excluding hydrogens is 326 g/mol. The molecule has 1 aromatic rings. The minimum Gasteiger partial charge on any atom is -0.349 e. The molecule has 2 fully saturated rings. The highest BCUT2D eigenvalue weighted by molar-refractivity contribution is 7.93. The number of hydrogen-bond acceptors (Lipinski definition) is 4. The van der Waals surface area contributed by atoms with Crippen LogP contribution in [0.1, 0.15) is 41.6 Å². The average molecular weight is 351 g/mol. The minimum absolute atomic E-state index is 0.103. The molecule has 2 unspecified atom stereocenters. The molecule has 132 valence electrons. The summed E-state index contributed by atoms with van der Waals surface area (Å²) in [6.45, 7) is 2.94. The molecule has 2 atom stereocenters. The van der Waals surface area contributed by atoms with E-state index in [1.54, 1.807) is 18.2 Å². The molecule has 1 aliphatic heterocycles. The lowest BCUT2D eigenvalue weighted by atomic mass is 10.0. The fraction of sp³-hybridized carbons (Fsp3) is 0.588. The van der Waals surface area contributed by atoms with Crippen LogP contribution >= 0.6 is 0 Å². The van der Waals surface area contributed by atoms with E-state index >= 15 is 0 Å². The number of aryl methyl sites for hydroxylation is 1. The number of nitrogens with two attached hydrogens (primary N) is 1. The first kappa shape index (κ1) is 17.2. The Morgan fingerprint density at radius 1 is 1.33 bits per heavy atom. The molecule has 0 aromatic heterocycles. The van der Waals surface area contributed by atoms with E-state index in [4.69, 9.17) is 5.73 Å². The molecule has 0 spiro atoms. The van der Waals surface area contributed by atoms with Crippen LogP contribution in [-0.2, 0) is 10.0 Å². The summed E-state index contributed by atoms with van der Waals surface area (Å²) in [6.07, 6.45) is 3.77. The zero-order valence-corrected chi connectivity index (χ0v) is 14.8. The monoisotopic (exact) mass is 351 g/mol. The summed E-state index contributed by atoms with van der Waals surface area (Å²) < 4.78 is 25.5. The van der Waals surface area contributed by atoms with Crippen LogP contribution in [0, 0.1) is 12.8 Å². The second-order valence-electron chi connectivity index (χ2n) is 6.75.